The van der Waals surface area contributed by atoms with Crippen molar-refractivity contribution in [1.29, 1.82) is 5.26 Å². The first-order chi connectivity index (χ1) is 13.2. The molecule has 0 aliphatic rings. The number of carbonyl (C=O) groups excluding carboxylic acids is 1. The van der Waals surface area contributed by atoms with Gasteiger partial charge in [-0.3, -0.25) is 4.79 Å². The maximum Gasteiger partial charge on any atom is 0.416 e. The van der Waals surface area contributed by atoms with E-state index in [1.165, 1.54) is 48.6 Å². The first kappa shape index (κ1) is 20.6. The summed E-state index contributed by atoms with van der Waals surface area (Å²) in [4.78, 5) is 12.0. The van der Waals surface area contributed by atoms with Crippen molar-refractivity contribution < 1.29 is 28.2 Å². The Morgan fingerprint density at radius 3 is 2.36 bits per heavy atom. The Morgan fingerprint density at radius 1 is 1.11 bits per heavy atom. The fourth-order valence-electron chi connectivity index (χ4n) is 2.15. The van der Waals surface area contributed by atoms with Crippen LogP contribution in [-0.4, -0.2) is 16.1 Å². The van der Waals surface area contributed by atoms with E-state index in [0.29, 0.717) is 11.1 Å². The number of nitriles is 1. The molecule has 5 nitrogen and oxygen atoms in total. The number of hydrogen-bond donors (Lipinski definition) is 3. The van der Waals surface area contributed by atoms with Crippen molar-refractivity contribution in [3.63, 3.8) is 0 Å². The third-order valence-corrected chi connectivity index (χ3v) is 3.65. The summed E-state index contributed by atoms with van der Waals surface area (Å²) in [6.07, 6.45) is -0.243. The van der Waals surface area contributed by atoms with Gasteiger partial charge in [0, 0.05) is 6.54 Å². The first-order valence-electron chi connectivity index (χ1n) is 7.95. The topological polar surface area (TPSA) is 93.3 Å². The zero-order valence-electron chi connectivity index (χ0n) is 14.4. The first-order valence-corrected chi connectivity index (χ1v) is 7.95. The SMILES string of the molecule is N#C/C(=C\C=C\c1ccc(O)c(O)c1)C(=O)NCc1ccc(C(F)(F)F)cc1. The van der Waals surface area contributed by atoms with Crippen LogP contribution in [0.25, 0.3) is 6.08 Å². The van der Waals surface area contributed by atoms with Crippen molar-refractivity contribution in [1.82, 2.24) is 5.32 Å². The normalized spacial score (nSPS) is 12.0. The van der Waals surface area contributed by atoms with Gasteiger partial charge < -0.3 is 15.5 Å². The molecule has 0 fully saturated rings. The second kappa shape index (κ2) is 8.77. The lowest BCUT2D eigenvalue weighted by molar-refractivity contribution is -0.137. The number of nitrogens with zero attached hydrogens (tertiary/aromatic N) is 1. The third-order valence-electron chi connectivity index (χ3n) is 3.65. The van der Waals surface area contributed by atoms with Gasteiger partial charge in [0.15, 0.2) is 11.5 Å². The van der Waals surface area contributed by atoms with Crippen LogP contribution in [0.5, 0.6) is 11.5 Å². The summed E-state index contributed by atoms with van der Waals surface area (Å²) in [5.74, 6) is -1.26. The monoisotopic (exact) mass is 388 g/mol. The summed E-state index contributed by atoms with van der Waals surface area (Å²) in [6, 6.07) is 10.2. The van der Waals surface area contributed by atoms with Crippen molar-refractivity contribution in [3.05, 3.63) is 76.9 Å². The molecule has 0 spiro atoms. The number of phenolic OH excluding ortho intramolecular Hbond substituents is 2. The summed E-state index contributed by atoms with van der Waals surface area (Å²) >= 11 is 0. The Kier molecular flexibility index (Phi) is 6.45. The van der Waals surface area contributed by atoms with Gasteiger partial charge in [0.2, 0.25) is 0 Å². The number of carbonyl (C=O) groups is 1. The van der Waals surface area contributed by atoms with E-state index >= 15 is 0 Å². The van der Waals surface area contributed by atoms with E-state index in [-0.39, 0.29) is 23.6 Å². The van der Waals surface area contributed by atoms with E-state index in [4.69, 9.17) is 5.26 Å². The predicted molar refractivity (Wildman–Crippen MR) is 95.8 cm³/mol. The molecule has 0 aliphatic heterocycles. The van der Waals surface area contributed by atoms with Crippen molar-refractivity contribution in [2.75, 3.05) is 0 Å². The third kappa shape index (κ3) is 5.64. The molecule has 0 aromatic heterocycles. The van der Waals surface area contributed by atoms with Gasteiger partial charge in [-0.2, -0.15) is 18.4 Å². The number of halogens is 3. The second-order valence-electron chi connectivity index (χ2n) is 5.68. The minimum atomic E-state index is -4.43. The van der Waals surface area contributed by atoms with Crippen LogP contribution in [0, 0.1) is 11.3 Å². The number of benzene rings is 2. The average Bonchev–Trinajstić information content (AvgIpc) is 2.65. The van der Waals surface area contributed by atoms with Crippen molar-refractivity contribution in [2.24, 2.45) is 0 Å². The number of allylic oxidation sites excluding steroid dienone is 2. The van der Waals surface area contributed by atoms with Crippen LogP contribution in [-0.2, 0) is 17.5 Å². The molecule has 0 unspecified atom stereocenters. The molecule has 1 amide bonds. The number of nitrogens with one attached hydrogen (secondary N) is 1. The summed E-state index contributed by atoms with van der Waals surface area (Å²) < 4.78 is 37.6. The lowest BCUT2D eigenvalue weighted by Gasteiger charge is -2.08. The Labute approximate surface area is 158 Å². The molecule has 0 saturated carbocycles. The molecule has 28 heavy (non-hydrogen) atoms. The Morgan fingerprint density at radius 2 is 1.79 bits per heavy atom. The lowest BCUT2D eigenvalue weighted by Crippen LogP contribution is -2.24. The van der Waals surface area contributed by atoms with Gasteiger partial charge in [-0.15, -0.1) is 0 Å². The van der Waals surface area contributed by atoms with Crippen LogP contribution in [0.15, 0.2) is 60.2 Å². The smallest absolute Gasteiger partial charge is 0.416 e. The van der Waals surface area contributed by atoms with Crippen LogP contribution in [0.3, 0.4) is 0 Å². The molecule has 0 atom stereocenters. The van der Waals surface area contributed by atoms with Crippen LogP contribution in [0.1, 0.15) is 16.7 Å². The quantitative estimate of drug-likeness (QED) is 0.313. The molecule has 3 N–H and O–H groups in total. The van der Waals surface area contributed by atoms with Gasteiger partial charge in [0.25, 0.3) is 5.91 Å². The largest absolute Gasteiger partial charge is 0.504 e. The molecule has 0 heterocycles. The summed E-state index contributed by atoms with van der Waals surface area (Å²) in [5.41, 5.74) is -0.000458. The van der Waals surface area contributed by atoms with Crippen molar-refractivity contribution in [2.45, 2.75) is 12.7 Å². The number of phenols is 2. The Bertz CT molecular complexity index is 956. The zero-order valence-corrected chi connectivity index (χ0v) is 14.4. The zero-order chi connectivity index (χ0) is 20.7. The molecule has 0 aliphatic carbocycles. The summed E-state index contributed by atoms with van der Waals surface area (Å²) in [6.45, 7) is -0.0362. The minimum absolute atomic E-state index is 0.0362. The van der Waals surface area contributed by atoms with Crippen LogP contribution < -0.4 is 5.32 Å². The highest BCUT2D eigenvalue weighted by Crippen LogP contribution is 2.29. The molecule has 0 bridgehead atoms. The minimum Gasteiger partial charge on any atom is -0.504 e. The number of alkyl halides is 3. The maximum absolute atomic E-state index is 12.5. The average molecular weight is 388 g/mol. The highest BCUT2D eigenvalue weighted by Gasteiger charge is 2.29. The fraction of sp³-hybridized carbons (Fsp3) is 0.100. The lowest BCUT2D eigenvalue weighted by atomic mass is 10.1. The predicted octanol–water partition coefficient (Wildman–Crippen LogP) is 3.90. The molecule has 0 saturated heterocycles. The summed E-state index contributed by atoms with van der Waals surface area (Å²) in [7, 11) is 0. The van der Waals surface area contributed by atoms with Crippen LogP contribution in [0.4, 0.5) is 13.2 Å². The molecule has 144 valence electrons. The van der Waals surface area contributed by atoms with E-state index in [9.17, 15) is 28.2 Å². The molecular formula is C20H15F3N2O3. The fourth-order valence-corrected chi connectivity index (χ4v) is 2.15. The van der Waals surface area contributed by atoms with Crippen LogP contribution >= 0.6 is 0 Å². The number of rotatable bonds is 5. The standard InChI is InChI=1S/C20H15F3N2O3/c21-20(22,23)16-7-4-14(5-8-16)12-25-19(28)15(11-24)3-1-2-13-6-9-17(26)18(27)10-13/h1-10,26-27H,12H2,(H,25,28)/b2-1+,15-3+. The Balaban J connectivity index is 1.99. The second-order valence-corrected chi connectivity index (χ2v) is 5.68. The van der Waals surface area contributed by atoms with Gasteiger partial charge in [-0.25, -0.2) is 0 Å². The van der Waals surface area contributed by atoms with E-state index in [2.05, 4.69) is 5.32 Å². The van der Waals surface area contributed by atoms with Crippen LogP contribution in [0.2, 0.25) is 0 Å². The van der Waals surface area contributed by atoms with E-state index in [1.807, 2.05) is 0 Å². The highest BCUT2D eigenvalue weighted by molar-refractivity contribution is 5.97. The number of amides is 1. The number of aromatic hydroxyl groups is 2. The molecule has 0 radical (unpaired) electrons. The maximum atomic E-state index is 12.5. The van der Waals surface area contributed by atoms with Gasteiger partial charge in [0.05, 0.1) is 5.56 Å². The van der Waals surface area contributed by atoms with E-state index in [0.717, 1.165) is 12.1 Å². The van der Waals surface area contributed by atoms with Gasteiger partial charge in [0.1, 0.15) is 11.6 Å². The van der Waals surface area contributed by atoms with Gasteiger partial charge in [-0.05, 0) is 41.5 Å². The molecule has 2 rings (SSSR count). The molecule has 2 aromatic carbocycles. The van der Waals surface area contributed by atoms with Crippen molar-refractivity contribution in [3.8, 4) is 17.6 Å². The van der Waals surface area contributed by atoms with E-state index < -0.39 is 17.6 Å². The highest BCUT2D eigenvalue weighted by atomic mass is 19.4. The van der Waals surface area contributed by atoms with E-state index in [1.54, 1.807) is 6.07 Å². The summed E-state index contributed by atoms with van der Waals surface area (Å²) in [5, 5.41) is 30.2. The molecule has 8 heteroatoms. The number of hydrogen-bond acceptors (Lipinski definition) is 4. The van der Waals surface area contributed by atoms with Gasteiger partial charge in [-0.1, -0.05) is 30.4 Å². The Hall–Kier alpha value is -3.73. The van der Waals surface area contributed by atoms with Crippen molar-refractivity contribution >= 4 is 12.0 Å². The van der Waals surface area contributed by atoms with Gasteiger partial charge >= 0.3 is 6.18 Å². The molecule has 2 aromatic rings. The molecular weight excluding hydrogens is 373 g/mol.